The maximum atomic E-state index is 12.5. The highest BCUT2D eigenvalue weighted by molar-refractivity contribution is 5.96. The number of amides is 1. The van der Waals surface area contributed by atoms with Crippen molar-refractivity contribution in [2.24, 2.45) is 0 Å². The average Bonchev–Trinajstić information content (AvgIpc) is 2.94. The Balaban J connectivity index is 1.64. The highest BCUT2D eigenvalue weighted by Crippen LogP contribution is 2.21. The molecule has 2 aromatic rings. The summed E-state index contributed by atoms with van der Waals surface area (Å²) in [6.07, 6.45) is 0. The molecule has 0 radical (unpaired) electrons. The number of piperazine rings is 1. The van der Waals surface area contributed by atoms with E-state index >= 15 is 0 Å². The summed E-state index contributed by atoms with van der Waals surface area (Å²) in [7, 11) is 2.16. The lowest BCUT2D eigenvalue weighted by atomic mass is 10.1. The zero-order chi connectivity index (χ0) is 18.0. The third kappa shape index (κ3) is 3.85. The van der Waals surface area contributed by atoms with Crippen LogP contribution < -0.4 is 10.2 Å². The van der Waals surface area contributed by atoms with Gasteiger partial charge in [0.15, 0.2) is 0 Å². The number of anilines is 1. The van der Waals surface area contributed by atoms with Gasteiger partial charge in [-0.2, -0.15) is 0 Å². The van der Waals surface area contributed by atoms with Crippen LogP contribution in [0.15, 0.2) is 28.8 Å². The summed E-state index contributed by atoms with van der Waals surface area (Å²) in [5.74, 6) is 0.402. The van der Waals surface area contributed by atoms with Gasteiger partial charge in [-0.15, -0.1) is 0 Å². The summed E-state index contributed by atoms with van der Waals surface area (Å²) in [5, 5.41) is 6.87. The molecule has 0 aliphatic carbocycles. The van der Waals surface area contributed by atoms with Gasteiger partial charge in [0.2, 0.25) is 0 Å². The van der Waals surface area contributed by atoms with E-state index in [0.29, 0.717) is 17.0 Å². The number of benzene rings is 1. The van der Waals surface area contributed by atoms with Gasteiger partial charge in [-0.25, -0.2) is 0 Å². The fraction of sp³-hybridized carbons (Fsp3) is 0.474. The number of nitrogens with one attached hydrogen (secondary N) is 1. The summed E-state index contributed by atoms with van der Waals surface area (Å²) in [5.41, 5.74) is 3.47. The number of likely N-dealkylation sites (N-methyl/N-ethyl adjacent to an activating group) is 1. The van der Waals surface area contributed by atoms with Crippen LogP contribution in [0.2, 0.25) is 0 Å². The summed E-state index contributed by atoms with van der Waals surface area (Å²) in [4.78, 5) is 17.2. The third-order valence-electron chi connectivity index (χ3n) is 4.87. The summed E-state index contributed by atoms with van der Waals surface area (Å²) in [6.45, 7) is 9.80. The van der Waals surface area contributed by atoms with Gasteiger partial charge in [0.25, 0.3) is 5.91 Å². The highest BCUT2D eigenvalue weighted by Gasteiger charge is 2.20. The van der Waals surface area contributed by atoms with Crippen molar-refractivity contribution in [3.63, 3.8) is 0 Å². The lowest BCUT2D eigenvalue weighted by Crippen LogP contribution is -2.44. The SMILES string of the molecule is Cc1noc(C)c1C(=O)N[C@@H](C)c1ccc(N2CCN(C)CC2)cc1. The maximum absolute atomic E-state index is 12.5. The fourth-order valence-corrected chi connectivity index (χ4v) is 3.20. The number of hydrogen-bond donors (Lipinski definition) is 1. The molecule has 0 spiro atoms. The Bertz CT molecular complexity index is 711. The largest absolute Gasteiger partial charge is 0.369 e. The highest BCUT2D eigenvalue weighted by atomic mass is 16.5. The van der Waals surface area contributed by atoms with E-state index < -0.39 is 0 Å². The van der Waals surface area contributed by atoms with E-state index in [1.54, 1.807) is 13.8 Å². The predicted octanol–water partition coefficient (Wildman–Crippen LogP) is 2.53. The Labute approximate surface area is 148 Å². The minimum Gasteiger partial charge on any atom is -0.369 e. The molecular formula is C19H26N4O2. The first-order valence-corrected chi connectivity index (χ1v) is 8.73. The molecule has 2 heterocycles. The van der Waals surface area contributed by atoms with Crippen molar-refractivity contribution < 1.29 is 9.32 Å². The van der Waals surface area contributed by atoms with E-state index in [4.69, 9.17) is 4.52 Å². The maximum Gasteiger partial charge on any atom is 0.257 e. The minimum atomic E-state index is -0.146. The zero-order valence-corrected chi connectivity index (χ0v) is 15.4. The second kappa shape index (κ2) is 7.27. The molecule has 1 fully saturated rings. The summed E-state index contributed by atoms with van der Waals surface area (Å²) >= 11 is 0. The van der Waals surface area contributed by atoms with E-state index in [0.717, 1.165) is 31.7 Å². The molecule has 6 nitrogen and oxygen atoms in total. The molecule has 1 aliphatic rings. The van der Waals surface area contributed by atoms with Crippen LogP contribution in [-0.4, -0.2) is 49.2 Å². The number of hydrogen-bond acceptors (Lipinski definition) is 5. The topological polar surface area (TPSA) is 61.6 Å². The van der Waals surface area contributed by atoms with Gasteiger partial charge >= 0.3 is 0 Å². The quantitative estimate of drug-likeness (QED) is 0.925. The molecule has 1 saturated heterocycles. The Kier molecular flexibility index (Phi) is 5.08. The van der Waals surface area contributed by atoms with Gasteiger partial charge in [-0.3, -0.25) is 4.79 Å². The monoisotopic (exact) mass is 342 g/mol. The number of carbonyl (C=O) groups excluding carboxylic acids is 1. The van der Waals surface area contributed by atoms with Crippen LogP contribution in [-0.2, 0) is 0 Å². The first kappa shape index (κ1) is 17.5. The van der Waals surface area contributed by atoms with Crippen molar-refractivity contribution >= 4 is 11.6 Å². The van der Waals surface area contributed by atoms with Gasteiger partial charge in [0, 0.05) is 31.9 Å². The van der Waals surface area contributed by atoms with Crippen LogP contribution in [0, 0.1) is 13.8 Å². The zero-order valence-electron chi connectivity index (χ0n) is 15.4. The summed E-state index contributed by atoms with van der Waals surface area (Å²) in [6, 6.07) is 8.37. The number of carbonyl (C=O) groups is 1. The number of aryl methyl sites for hydroxylation is 2. The smallest absolute Gasteiger partial charge is 0.257 e. The molecule has 6 heteroatoms. The van der Waals surface area contributed by atoms with Crippen molar-refractivity contribution in [2.75, 3.05) is 38.1 Å². The third-order valence-corrected chi connectivity index (χ3v) is 4.87. The molecule has 25 heavy (non-hydrogen) atoms. The Morgan fingerprint density at radius 3 is 2.36 bits per heavy atom. The van der Waals surface area contributed by atoms with Gasteiger partial charge < -0.3 is 19.6 Å². The van der Waals surface area contributed by atoms with Crippen molar-refractivity contribution in [2.45, 2.75) is 26.8 Å². The van der Waals surface area contributed by atoms with E-state index in [9.17, 15) is 4.79 Å². The Morgan fingerprint density at radius 1 is 1.16 bits per heavy atom. The molecule has 0 unspecified atom stereocenters. The predicted molar refractivity (Wildman–Crippen MR) is 98.0 cm³/mol. The van der Waals surface area contributed by atoms with Crippen molar-refractivity contribution in [3.8, 4) is 0 Å². The van der Waals surface area contributed by atoms with Crippen LogP contribution in [0.25, 0.3) is 0 Å². The number of nitrogens with zero attached hydrogens (tertiary/aromatic N) is 3. The molecule has 0 bridgehead atoms. The molecule has 1 atom stereocenters. The normalized spacial score (nSPS) is 16.7. The molecule has 0 saturated carbocycles. The van der Waals surface area contributed by atoms with E-state index in [1.807, 2.05) is 6.92 Å². The van der Waals surface area contributed by atoms with Crippen LogP contribution in [0.3, 0.4) is 0 Å². The molecule has 134 valence electrons. The second-order valence-electron chi connectivity index (χ2n) is 6.78. The number of aromatic nitrogens is 1. The van der Waals surface area contributed by atoms with E-state index in [1.165, 1.54) is 5.69 Å². The Morgan fingerprint density at radius 2 is 1.80 bits per heavy atom. The van der Waals surface area contributed by atoms with Gasteiger partial charge in [0.1, 0.15) is 11.3 Å². The lowest BCUT2D eigenvalue weighted by Gasteiger charge is -2.34. The molecule has 1 aliphatic heterocycles. The molecule has 3 rings (SSSR count). The van der Waals surface area contributed by atoms with Crippen LogP contribution in [0.1, 0.15) is 40.3 Å². The molecule has 1 amide bonds. The average molecular weight is 342 g/mol. The first-order valence-electron chi connectivity index (χ1n) is 8.73. The van der Waals surface area contributed by atoms with Crippen LogP contribution >= 0.6 is 0 Å². The van der Waals surface area contributed by atoms with Crippen LogP contribution in [0.4, 0.5) is 5.69 Å². The first-order chi connectivity index (χ1) is 12.0. The molecule has 1 aromatic carbocycles. The fourth-order valence-electron chi connectivity index (χ4n) is 3.20. The number of rotatable bonds is 4. The molecule has 1 N–H and O–H groups in total. The van der Waals surface area contributed by atoms with Crippen molar-refractivity contribution in [3.05, 3.63) is 46.8 Å². The molecular weight excluding hydrogens is 316 g/mol. The van der Waals surface area contributed by atoms with Gasteiger partial charge in [-0.05, 0) is 45.5 Å². The van der Waals surface area contributed by atoms with Gasteiger partial charge in [0.05, 0.1) is 11.7 Å². The van der Waals surface area contributed by atoms with Crippen LogP contribution in [0.5, 0.6) is 0 Å². The minimum absolute atomic E-state index is 0.0808. The standard InChI is InChI=1S/C19H26N4O2/c1-13(20-19(24)18-14(2)21-25-15(18)3)16-5-7-17(8-6-16)23-11-9-22(4)10-12-23/h5-8,13H,9-12H2,1-4H3,(H,20,24)/t13-/m0/s1. The second-order valence-corrected chi connectivity index (χ2v) is 6.78. The lowest BCUT2D eigenvalue weighted by molar-refractivity contribution is 0.0938. The van der Waals surface area contributed by atoms with E-state index in [2.05, 4.69) is 51.6 Å². The van der Waals surface area contributed by atoms with Gasteiger partial charge in [-0.1, -0.05) is 17.3 Å². The van der Waals surface area contributed by atoms with Crippen molar-refractivity contribution in [1.29, 1.82) is 0 Å². The van der Waals surface area contributed by atoms with E-state index in [-0.39, 0.29) is 11.9 Å². The molecule has 1 aromatic heterocycles. The summed E-state index contributed by atoms with van der Waals surface area (Å²) < 4.78 is 5.07. The van der Waals surface area contributed by atoms with Crippen molar-refractivity contribution in [1.82, 2.24) is 15.4 Å². The Hall–Kier alpha value is -2.34.